The number of thioether (sulfide) groups is 1. The van der Waals surface area contributed by atoms with Crippen molar-refractivity contribution in [2.75, 3.05) is 5.75 Å². The fraction of sp³-hybridized carbons (Fsp3) is 0.250. The Labute approximate surface area is 118 Å². The number of rotatable bonds is 3. The van der Waals surface area contributed by atoms with E-state index in [1.54, 1.807) is 28.6 Å². The third kappa shape index (κ3) is 2.18. The molecule has 1 aromatic carbocycles. The first kappa shape index (κ1) is 12.8. The van der Waals surface area contributed by atoms with Gasteiger partial charge < -0.3 is 0 Å². The molecule has 3 rings (SSSR count). The number of aryl methyl sites for hydroxylation is 1. The lowest BCUT2D eigenvalue weighted by Gasteiger charge is -2.08. The van der Waals surface area contributed by atoms with Gasteiger partial charge in [0, 0.05) is 24.1 Å². The van der Waals surface area contributed by atoms with Crippen molar-refractivity contribution in [3.05, 3.63) is 45.8 Å². The number of benzene rings is 1. The SMILES string of the molecule is CCc1[nH]nc2[n+]1N=C(c1cccc([N+](=O)[O-])c1)CS2. The molecule has 1 aliphatic rings. The van der Waals surface area contributed by atoms with Crippen LogP contribution in [0.4, 0.5) is 5.69 Å². The molecule has 0 unspecified atom stereocenters. The maximum absolute atomic E-state index is 10.8. The Morgan fingerprint density at radius 1 is 1.55 bits per heavy atom. The first-order chi connectivity index (χ1) is 9.69. The highest BCUT2D eigenvalue weighted by Crippen LogP contribution is 2.20. The van der Waals surface area contributed by atoms with Gasteiger partial charge in [0.15, 0.2) is 0 Å². The summed E-state index contributed by atoms with van der Waals surface area (Å²) < 4.78 is 1.77. The number of H-pyrrole nitrogens is 1. The van der Waals surface area contributed by atoms with Crippen molar-refractivity contribution >= 4 is 23.2 Å². The maximum atomic E-state index is 10.8. The second kappa shape index (κ2) is 5.04. The number of hydrogen-bond donors (Lipinski definition) is 1. The van der Waals surface area contributed by atoms with Gasteiger partial charge in [0.1, 0.15) is 0 Å². The van der Waals surface area contributed by atoms with Crippen LogP contribution in [-0.4, -0.2) is 26.6 Å². The summed E-state index contributed by atoms with van der Waals surface area (Å²) in [7, 11) is 0. The zero-order chi connectivity index (χ0) is 14.1. The zero-order valence-electron chi connectivity index (χ0n) is 10.7. The number of nitro groups is 1. The van der Waals surface area contributed by atoms with Gasteiger partial charge in [0.25, 0.3) is 11.5 Å². The highest BCUT2D eigenvalue weighted by molar-refractivity contribution is 7.99. The van der Waals surface area contributed by atoms with Crippen molar-refractivity contribution in [3.8, 4) is 0 Å². The smallest absolute Gasteiger partial charge is 0.258 e. The molecule has 8 heteroatoms. The Bertz CT molecular complexity index is 710. The van der Waals surface area contributed by atoms with E-state index in [-0.39, 0.29) is 5.69 Å². The highest BCUT2D eigenvalue weighted by Gasteiger charge is 2.26. The van der Waals surface area contributed by atoms with Crippen molar-refractivity contribution in [2.24, 2.45) is 5.10 Å². The van der Waals surface area contributed by atoms with Crippen LogP contribution in [0, 0.1) is 10.1 Å². The van der Waals surface area contributed by atoms with Gasteiger partial charge >= 0.3 is 5.16 Å². The lowest BCUT2D eigenvalue weighted by Crippen LogP contribution is -2.38. The number of aromatic nitrogens is 3. The number of non-ortho nitro benzene ring substituents is 1. The Kier molecular flexibility index (Phi) is 3.23. The van der Waals surface area contributed by atoms with Gasteiger partial charge in [0.05, 0.1) is 21.5 Å². The summed E-state index contributed by atoms with van der Waals surface area (Å²) in [6, 6.07) is 6.55. The highest BCUT2D eigenvalue weighted by atomic mass is 32.2. The van der Waals surface area contributed by atoms with Crippen molar-refractivity contribution in [1.82, 2.24) is 10.2 Å². The molecule has 7 nitrogen and oxygen atoms in total. The van der Waals surface area contributed by atoms with E-state index in [4.69, 9.17) is 0 Å². The molecule has 2 heterocycles. The molecule has 0 fully saturated rings. The number of aromatic amines is 1. The van der Waals surface area contributed by atoms with Crippen LogP contribution in [0.5, 0.6) is 0 Å². The molecule has 0 aliphatic carbocycles. The van der Waals surface area contributed by atoms with Crippen LogP contribution in [-0.2, 0) is 6.42 Å². The van der Waals surface area contributed by atoms with Crippen LogP contribution in [0.15, 0.2) is 34.5 Å². The second-order valence-corrected chi connectivity index (χ2v) is 5.20. The molecule has 0 saturated carbocycles. The first-order valence-corrected chi connectivity index (χ1v) is 7.12. The van der Waals surface area contributed by atoms with E-state index < -0.39 is 4.92 Å². The topological polar surface area (TPSA) is 88.1 Å². The van der Waals surface area contributed by atoms with E-state index in [1.807, 2.05) is 13.0 Å². The van der Waals surface area contributed by atoms with Crippen LogP contribution >= 0.6 is 11.8 Å². The molecule has 0 bridgehead atoms. The number of hydrogen-bond acceptors (Lipinski definition) is 5. The molecule has 1 N–H and O–H groups in total. The molecule has 0 amide bonds. The van der Waals surface area contributed by atoms with E-state index in [2.05, 4.69) is 15.3 Å². The summed E-state index contributed by atoms with van der Waals surface area (Å²) in [6.07, 6.45) is 0.791. The summed E-state index contributed by atoms with van der Waals surface area (Å²) in [4.78, 5) is 10.4. The van der Waals surface area contributed by atoms with E-state index >= 15 is 0 Å². The molecule has 0 atom stereocenters. The normalized spacial score (nSPS) is 13.8. The van der Waals surface area contributed by atoms with E-state index in [0.29, 0.717) is 5.75 Å². The number of nitro benzene ring substituents is 1. The summed E-state index contributed by atoms with van der Waals surface area (Å²) in [5.74, 6) is 1.56. The number of fused-ring (bicyclic) bond motifs is 1. The predicted octanol–water partition coefficient (Wildman–Crippen LogP) is 1.53. The van der Waals surface area contributed by atoms with Gasteiger partial charge in [-0.25, -0.2) is 0 Å². The van der Waals surface area contributed by atoms with Crippen LogP contribution in [0.25, 0.3) is 0 Å². The quantitative estimate of drug-likeness (QED) is 0.527. The predicted molar refractivity (Wildman–Crippen MR) is 73.9 cm³/mol. The maximum Gasteiger partial charge on any atom is 0.360 e. The Hall–Kier alpha value is -2.22. The first-order valence-electron chi connectivity index (χ1n) is 6.14. The molecule has 1 aliphatic heterocycles. The van der Waals surface area contributed by atoms with Gasteiger partial charge in [-0.3, -0.25) is 10.1 Å². The molecule has 0 saturated heterocycles. The summed E-state index contributed by atoms with van der Waals surface area (Å²) >= 11 is 1.56. The Morgan fingerprint density at radius 2 is 2.40 bits per heavy atom. The molecule has 0 radical (unpaired) electrons. The van der Waals surface area contributed by atoms with Crippen LogP contribution in [0.3, 0.4) is 0 Å². The fourth-order valence-electron chi connectivity index (χ4n) is 1.97. The molecule has 2 aromatic rings. The standard InChI is InChI=1S/C12H11N5O2S/c1-2-11-13-14-12-16(11)15-10(7-20-12)8-4-3-5-9(6-8)17(18)19/h3-6H,2,7H2,1H3/p+1. The van der Waals surface area contributed by atoms with Crippen LogP contribution in [0.2, 0.25) is 0 Å². The lowest BCUT2D eigenvalue weighted by atomic mass is 10.1. The van der Waals surface area contributed by atoms with Crippen molar-refractivity contribution < 1.29 is 9.60 Å². The van der Waals surface area contributed by atoms with Gasteiger partial charge in [0.2, 0.25) is 0 Å². The van der Waals surface area contributed by atoms with Crippen molar-refractivity contribution in [1.29, 1.82) is 0 Å². The van der Waals surface area contributed by atoms with E-state index in [9.17, 15) is 10.1 Å². The molecule has 1 aromatic heterocycles. The second-order valence-electron chi connectivity index (χ2n) is 4.26. The summed E-state index contributed by atoms with van der Waals surface area (Å²) in [6.45, 7) is 2.02. The lowest BCUT2D eigenvalue weighted by molar-refractivity contribution is -0.723. The van der Waals surface area contributed by atoms with Gasteiger partial charge in [-0.05, 0) is 11.8 Å². The van der Waals surface area contributed by atoms with Gasteiger partial charge in [-0.2, -0.15) is 0 Å². The molecular formula is C12H12N5O2S+. The van der Waals surface area contributed by atoms with Crippen LogP contribution in [0.1, 0.15) is 18.3 Å². The number of nitrogens with zero attached hydrogens (tertiary/aromatic N) is 4. The third-order valence-corrected chi connectivity index (χ3v) is 3.94. The zero-order valence-corrected chi connectivity index (χ0v) is 11.6. The van der Waals surface area contributed by atoms with Crippen LogP contribution < -0.4 is 4.68 Å². The minimum atomic E-state index is -0.395. The van der Waals surface area contributed by atoms with Gasteiger partial charge in [-0.15, -0.1) is 10.2 Å². The molecule has 102 valence electrons. The van der Waals surface area contributed by atoms with Crippen molar-refractivity contribution in [2.45, 2.75) is 18.5 Å². The van der Waals surface area contributed by atoms with Gasteiger partial charge in [-0.1, -0.05) is 23.7 Å². The summed E-state index contributed by atoms with van der Waals surface area (Å²) in [5, 5.41) is 23.3. The average molecular weight is 290 g/mol. The third-order valence-electron chi connectivity index (χ3n) is 3.00. The average Bonchev–Trinajstić information content (AvgIpc) is 2.89. The largest absolute Gasteiger partial charge is 0.360 e. The molecule has 20 heavy (non-hydrogen) atoms. The monoisotopic (exact) mass is 290 g/mol. The molecular weight excluding hydrogens is 278 g/mol. The minimum Gasteiger partial charge on any atom is -0.258 e. The fourth-order valence-corrected chi connectivity index (χ4v) is 2.84. The molecule has 0 spiro atoms. The Balaban J connectivity index is 2.03. The Morgan fingerprint density at radius 3 is 3.15 bits per heavy atom. The van der Waals surface area contributed by atoms with E-state index in [0.717, 1.165) is 28.7 Å². The summed E-state index contributed by atoms with van der Waals surface area (Å²) in [5.41, 5.74) is 1.66. The minimum absolute atomic E-state index is 0.0777. The number of nitrogens with one attached hydrogen (secondary N) is 1. The van der Waals surface area contributed by atoms with E-state index in [1.165, 1.54) is 6.07 Å². The van der Waals surface area contributed by atoms with Crippen molar-refractivity contribution in [3.63, 3.8) is 0 Å².